The molecule has 0 saturated heterocycles. The van der Waals surface area contributed by atoms with Crippen LogP contribution in [0.2, 0.25) is 10.0 Å². The SMILES string of the molecule is O=C(NNc1nc(-c2ccccc2)no1)C1(c2ccc(Cl)cc2Cl)CCCC1. The maximum absolute atomic E-state index is 13.1. The van der Waals surface area contributed by atoms with E-state index in [0.717, 1.165) is 24.0 Å². The number of rotatable bonds is 5. The lowest BCUT2D eigenvalue weighted by molar-refractivity contribution is -0.126. The van der Waals surface area contributed by atoms with Crippen molar-refractivity contribution in [2.24, 2.45) is 0 Å². The minimum absolute atomic E-state index is 0.113. The molecule has 8 heteroatoms. The molecule has 1 aliphatic carbocycles. The lowest BCUT2D eigenvalue weighted by Crippen LogP contribution is -2.45. The van der Waals surface area contributed by atoms with Gasteiger partial charge < -0.3 is 4.52 Å². The molecular weight excluding hydrogens is 399 g/mol. The van der Waals surface area contributed by atoms with Gasteiger partial charge in [-0.15, -0.1) is 0 Å². The maximum Gasteiger partial charge on any atom is 0.340 e. The summed E-state index contributed by atoms with van der Waals surface area (Å²) in [5, 5.41) is 4.96. The molecule has 0 aliphatic heterocycles. The average Bonchev–Trinajstić information content (AvgIpc) is 3.37. The van der Waals surface area contributed by atoms with Crippen LogP contribution in [0.3, 0.4) is 0 Å². The van der Waals surface area contributed by atoms with E-state index in [1.807, 2.05) is 36.4 Å². The van der Waals surface area contributed by atoms with Crippen LogP contribution in [0.4, 0.5) is 6.01 Å². The Kier molecular flexibility index (Phi) is 5.24. The molecule has 4 rings (SSSR count). The molecule has 0 bridgehead atoms. The molecule has 2 N–H and O–H groups in total. The zero-order chi connectivity index (χ0) is 19.6. The third-order valence-corrected chi connectivity index (χ3v) is 5.63. The Morgan fingerprint density at radius 2 is 1.82 bits per heavy atom. The van der Waals surface area contributed by atoms with Crippen LogP contribution in [0.15, 0.2) is 53.1 Å². The summed E-state index contributed by atoms with van der Waals surface area (Å²) in [5.41, 5.74) is 6.33. The van der Waals surface area contributed by atoms with Gasteiger partial charge in [0.2, 0.25) is 11.7 Å². The van der Waals surface area contributed by atoms with Crippen LogP contribution in [0.1, 0.15) is 31.2 Å². The van der Waals surface area contributed by atoms with Crippen molar-refractivity contribution in [3.05, 3.63) is 64.1 Å². The maximum atomic E-state index is 13.1. The van der Waals surface area contributed by atoms with Gasteiger partial charge in [-0.05, 0) is 30.5 Å². The third kappa shape index (κ3) is 3.57. The van der Waals surface area contributed by atoms with Crippen molar-refractivity contribution in [2.75, 3.05) is 5.43 Å². The van der Waals surface area contributed by atoms with Crippen molar-refractivity contribution < 1.29 is 9.32 Å². The molecule has 1 aliphatic rings. The molecule has 0 radical (unpaired) electrons. The zero-order valence-corrected chi connectivity index (χ0v) is 16.4. The molecule has 0 unspecified atom stereocenters. The minimum atomic E-state index is -0.711. The molecule has 6 nitrogen and oxygen atoms in total. The molecule has 0 atom stereocenters. The summed E-state index contributed by atoms with van der Waals surface area (Å²) in [6, 6.07) is 14.8. The number of halogens is 2. The first kappa shape index (κ1) is 18.8. The molecule has 1 fully saturated rings. The van der Waals surface area contributed by atoms with Crippen LogP contribution in [-0.2, 0) is 10.2 Å². The number of hydrogen-bond acceptors (Lipinski definition) is 5. The van der Waals surface area contributed by atoms with Gasteiger partial charge in [0.1, 0.15) is 0 Å². The predicted octanol–water partition coefficient (Wildman–Crippen LogP) is 5.00. The number of nitrogens with one attached hydrogen (secondary N) is 2. The number of carbonyl (C=O) groups is 1. The van der Waals surface area contributed by atoms with E-state index >= 15 is 0 Å². The van der Waals surface area contributed by atoms with Crippen LogP contribution >= 0.6 is 23.2 Å². The Morgan fingerprint density at radius 1 is 1.07 bits per heavy atom. The Morgan fingerprint density at radius 3 is 2.54 bits per heavy atom. The highest BCUT2D eigenvalue weighted by Gasteiger charge is 2.44. The number of carbonyl (C=O) groups excluding carboxylic acids is 1. The monoisotopic (exact) mass is 416 g/mol. The Bertz CT molecular complexity index is 985. The largest absolute Gasteiger partial charge is 0.340 e. The fourth-order valence-corrected chi connectivity index (χ4v) is 4.27. The normalized spacial score (nSPS) is 15.4. The van der Waals surface area contributed by atoms with Crippen molar-refractivity contribution in [2.45, 2.75) is 31.1 Å². The molecule has 144 valence electrons. The molecule has 1 heterocycles. The van der Waals surface area contributed by atoms with Gasteiger partial charge in [0, 0.05) is 15.6 Å². The summed E-state index contributed by atoms with van der Waals surface area (Å²) in [5.74, 6) is 0.252. The number of hydrazine groups is 1. The fraction of sp³-hybridized carbons (Fsp3) is 0.250. The van der Waals surface area contributed by atoms with E-state index in [9.17, 15) is 4.79 Å². The molecule has 1 saturated carbocycles. The highest BCUT2D eigenvalue weighted by molar-refractivity contribution is 6.35. The van der Waals surface area contributed by atoms with Gasteiger partial charge in [-0.1, -0.05) is 77.6 Å². The van der Waals surface area contributed by atoms with Crippen molar-refractivity contribution in [3.8, 4) is 11.4 Å². The van der Waals surface area contributed by atoms with Gasteiger partial charge in [-0.2, -0.15) is 4.98 Å². The lowest BCUT2D eigenvalue weighted by Gasteiger charge is -2.29. The number of benzene rings is 2. The van der Waals surface area contributed by atoms with Gasteiger partial charge in [0.25, 0.3) is 0 Å². The van der Waals surface area contributed by atoms with E-state index in [-0.39, 0.29) is 11.9 Å². The minimum Gasteiger partial charge on any atom is -0.313 e. The number of hydrogen-bond donors (Lipinski definition) is 2. The number of nitrogens with zero attached hydrogens (tertiary/aromatic N) is 2. The lowest BCUT2D eigenvalue weighted by atomic mass is 9.78. The second kappa shape index (κ2) is 7.81. The van der Waals surface area contributed by atoms with Crippen LogP contribution in [-0.4, -0.2) is 16.0 Å². The Balaban J connectivity index is 1.51. The number of anilines is 1. The van der Waals surface area contributed by atoms with Crippen LogP contribution in [0.5, 0.6) is 0 Å². The van der Waals surface area contributed by atoms with Crippen molar-refractivity contribution in [1.82, 2.24) is 15.6 Å². The van der Waals surface area contributed by atoms with E-state index in [4.69, 9.17) is 27.7 Å². The third-order valence-electron chi connectivity index (χ3n) is 5.08. The first-order valence-electron chi connectivity index (χ1n) is 9.00. The summed E-state index contributed by atoms with van der Waals surface area (Å²) < 4.78 is 5.18. The summed E-state index contributed by atoms with van der Waals surface area (Å²) >= 11 is 12.4. The van der Waals surface area contributed by atoms with E-state index in [0.29, 0.717) is 28.7 Å². The first-order valence-corrected chi connectivity index (χ1v) is 9.75. The second-order valence-electron chi connectivity index (χ2n) is 6.78. The van der Waals surface area contributed by atoms with Gasteiger partial charge in [0.15, 0.2) is 0 Å². The van der Waals surface area contributed by atoms with E-state index in [1.165, 1.54) is 0 Å². The summed E-state index contributed by atoms with van der Waals surface area (Å²) in [6.07, 6.45) is 3.32. The molecule has 1 amide bonds. The topological polar surface area (TPSA) is 80.0 Å². The Hall–Kier alpha value is -2.57. The van der Waals surface area contributed by atoms with Gasteiger partial charge in [-0.25, -0.2) is 5.43 Å². The Labute approximate surface area is 172 Å². The standard InChI is InChI=1S/C20H18Cl2N4O2/c21-14-8-9-15(16(22)12-14)20(10-4-5-11-20)18(27)24-25-19-23-17(26-28-19)13-6-2-1-3-7-13/h1-3,6-9,12H,4-5,10-11H2,(H,24,27)(H,23,25,26). The molecule has 28 heavy (non-hydrogen) atoms. The quantitative estimate of drug-likeness (QED) is 0.572. The van der Waals surface area contributed by atoms with Crippen molar-refractivity contribution in [1.29, 1.82) is 0 Å². The second-order valence-corrected chi connectivity index (χ2v) is 7.63. The van der Waals surface area contributed by atoms with Crippen molar-refractivity contribution >= 4 is 35.1 Å². The molecule has 0 spiro atoms. The summed E-state index contributed by atoms with van der Waals surface area (Å²) in [4.78, 5) is 17.4. The molecule has 2 aromatic carbocycles. The summed E-state index contributed by atoms with van der Waals surface area (Å²) in [7, 11) is 0. The van der Waals surface area contributed by atoms with E-state index in [2.05, 4.69) is 21.0 Å². The zero-order valence-electron chi connectivity index (χ0n) is 14.9. The van der Waals surface area contributed by atoms with Crippen LogP contribution in [0.25, 0.3) is 11.4 Å². The molecule has 3 aromatic rings. The number of aromatic nitrogens is 2. The average molecular weight is 417 g/mol. The smallest absolute Gasteiger partial charge is 0.313 e. The molecular formula is C20H18Cl2N4O2. The van der Waals surface area contributed by atoms with Crippen LogP contribution in [0, 0.1) is 0 Å². The van der Waals surface area contributed by atoms with Gasteiger partial charge in [0.05, 0.1) is 5.41 Å². The number of amides is 1. The first-order chi connectivity index (χ1) is 13.6. The highest BCUT2D eigenvalue weighted by Crippen LogP contribution is 2.44. The predicted molar refractivity (Wildman–Crippen MR) is 108 cm³/mol. The molecule has 1 aromatic heterocycles. The fourth-order valence-electron chi connectivity index (χ4n) is 3.68. The van der Waals surface area contributed by atoms with E-state index < -0.39 is 5.41 Å². The van der Waals surface area contributed by atoms with E-state index in [1.54, 1.807) is 12.1 Å². The highest BCUT2D eigenvalue weighted by atomic mass is 35.5. The van der Waals surface area contributed by atoms with Gasteiger partial charge in [-0.3, -0.25) is 10.2 Å². The van der Waals surface area contributed by atoms with Crippen LogP contribution < -0.4 is 10.9 Å². The van der Waals surface area contributed by atoms with Gasteiger partial charge >= 0.3 is 6.01 Å². The summed E-state index contributed by atoms with van der Waals surface area (Å²) in [6.45, 7) is 0. The van der Waals surface area contributed by atoms with Crippen molar-refractivity contribution in [3.63, 3.8) is 0 Å².